The highest BCUT2D eigenvalue weighted by molar-refractivity contribution is 6.59. The zero-order valence-electron chi connectivity index (χ0n) is 12.5. The Labute approximate surface area is 121 Å². The highest BCUT2D eigenvalue weighted by Crippen LogP contribution is 2.20. The summed E-state index contributed by atoms with van der Waals surface area (Å²) in [5.74, 6) is 0. The number of benzene rings is 1. The molecule has 0 fully saturated rings. The van der Waals surface area contributed by atoms with E-state index in [0.29, 0.717) is 26.0 Å². The average Bonchev–Trinajstić information content (AvgIpc) is 2.83. The smallest absolute Gasteiger partial charge is 0.373 e. The van der Waals surface area contributed by atoms with E-state index in [1.807, 2.05) is 32.9 Å². The molecular formula is C15H23NO3Si. The van der Waals surface area contributed by atoms with Crippen molar-refractivity contribution < 1.29 is 13.3 Å². The second-order valence-corrected chi connectivity index (χ2v) is 7.03. The van der Waals surface area contributed by atoms with Crippen molar-refractivity contribution in [2.24, 2.45) is 0 Å². The molecule has 0 atom stereocenters. The van der Waals surface area contributed by atoms with E-state index in [0.717, 1.165) is 0 Å². The van der Waals surface area contributed by atoms with Gasteiger partial charge in [0.25, 0.3) is 0 Å². The van der Waals surface area contributed by atoms with Crippen molar-refractivity contribution in [3.05, 3.63) is 36.5 Å². The van der Waals surface area contributed by atoms with Gasteiger partial charge in [-0.1, -0.05) is 18.2 Å². The molecule has 1 heterocycles. The molecule has 0 radical (unpaired) electrons. The summed E-state index contributed by atoms with van der Waals surface area (Å²) < 4.78 is 19.9. The fourth-order valence-electron chi connectivity index (χ4n) is 2.41. The molecule has 2 rings (SSSR count). The third-order valence-electron chi connectivity index (χ3n) is 3.14. The largest absolute Gasteiger partial charge is 0.521 e. The molecule has 0 N–H and O–H groups in total. The third-order valence-corrected chi connectivity index (χ3v) is 6.05. The first-order chi connectivity index (χ1) is 9.74. The number of rotatable bonds is 8. The second kappa shape index (κ2) is 7.03. The number of hydrogen-bond acceptors (Lipinski definition) is 3. The molecule has 0 aliphatic heterocycles. The van der Waals surface area contributed by atoms with Gasteiger partial charge in [-0.05, 0) is 38.3 Å². The monoisotopic (exact) mass is 293 g/mol. The van der Waals surface area contributed by atoms with E-state index in [4.69, 9.17) is 13.3 Å². The lowest BCUT2D eigenvalue weighted by molar-refractivity contribution is 0.0653. The summed E-state index contributed by atoms with van der Waals surface area (Å²) in [5, 5.41) is 1.22. The van der Waals surface area contributed by atoms with Crippen LogP contribution in [-0.2, 0) is 19.4 Å². The van der Waals surface area contributed by atoms with Crippen molar-refractivity contribution in [2.45, 2.75) is 26.9 Å². The zero-order valence-corrected chi connectivity index (χ0v) is 13.5. The first-order valence-corrected chi connectivity index (χ1v) is 9.13. The SMILES string of the molecule is CCO[Si](Cn1ccc2ccccc21)(OCC)OCC. The molecule has 4 nitrogen and oxygen atoms in total. The Hall–Kier alpha value is -1.14. The van der Waals surface area contributed by atoms with E-state index in [1.165, 1.54) is 10.9 Å². The summed E-state index contributed by atoms with van der Waals surface area (Å²) in [4.78, 5) is 0. The van der Waals surface area contributed by atoms with E-state index in [2.05, 4.69) is 29.0 Å². The molecule has 1 aromatic heterocycles. The molecule has 0 aliphatic rings. The highest BCUT2D eigenvalue weighted by Gasteiger charge is 2.41. The molecule has 2 aromatic rings. The number of nitrogens with zero attached hydrogens (tertiary/aromatic N) is 1. The van der Waals surface area contributed by atoms with Crippen molar-refractivity contribution in [2.75, 3.05) is 19.8 Å². The Morgan fingerprint density at radius 3 is 2.10 bits per heavy atom. The fraction of sp³-hybridized carbons (Fsp3) is 0.467. The van der Waals surface area contributed by atoms with Gasteiger partial charge in [-0.25, -0.2) is 0 Å². The van der Waals surface area contributed by atoms with E-state index >= 15 is 0 Å². The minimum atomic E-state index is -2.65. The van der Waals surface area contributed by atoms with Crippen LogP contribution in [0.15, 0.2) is 36.5 Å². The van der Waals surface area contributed by atoms with Gasteiger partial charge in [-0.2, -0.15) is 0 Å². The predicted molar refractivity (Wildman–Crippen MR) is 82.6 cm³/mol. The first-order valence-electron chi connectivity index (χ1n) is 7.20. The van der Waals surface area contributed by atoms with Gasteiger partial charge in [0.1, 0.15) is 0 Å². The molecule has 1 aromatic carbocycles. The van der Waals surface area contributed by atoms with E-state index in [-0.39, 0.29) is 0 Å². The van der Waals surface area contributed by atoms with Crippen LogP contribution in [-0.4, -0.2) is 33.2 Å². The maximum atomic E-state index is 5.91. The van der Waals surface area contributed by atoms with Gasteiger partial charge in [0.05, 0.1) is 6.17 Å². The molecule has 0 spiro atoms. The van der Waals surface area contributed by atoms with Gasteiger partial charge in [0, 0.05) is 31.5 Å². The van der Waals surface area contributed by atoms with Crippen LogP contribution in [0.25, 0.3) is 10.9 Å². The molecule has 110 valence electrons. The third kappa shape index (κ3) is 3.30. The normalized spacial score (nSPS) is 12.2. The van der Waals surface area contributed by atoms with Gasteiger partial charge in [0.2, 0.25) is 0 Å². The molecule has 20 heavy (non-hydrogen) atoms. The van der Waals surface area contributed by atoms with Crippen LogP contribution >= 0.6 is 0 Å². The molecule has 0 bridgehead atoms. The van der Waals surface area contributed by atoms with Gasteiger partial charge in [0.15, 0.2) is 0 Å². The van der Waals surface area contributed by atoms with Crippen LogP contribution < -0.4 is 0 Å². The lowest BCUT2D eigenvalue weighted by Crippen LogP contribution is -2.50. The quantitative estimate of drug-likeness (QED) is 0.701. The molecule has 5 heteroatoms. The summed E-state index contributed by atoms with van der Waals surface area (Å²) in [6.45, 7) is 7.75. The van der Waals surface area contributed by atoms with Crippen LogP contribution in [0.1, 0.15) is 20.8 Å². The highest BCUT2D eigenvalue weighted by atomic mass is 28.4. The minimum absolute atomic E-state index is 0.603. The first kappa shape index (κ1) is 15.2. The molecular weight excluding hydrogens is 270 g/mol. The number of para-hydroxylation sites is 1. The fourth-order valence-corrected chi connectivity index (χ4v) is 4.95. The van der Waals surface area contributed by atoms with Crippen LogP contribution in [0, 0.1) is 0 Å². The standard InChI is InChI=1S/C15H23NO3Si/c1-4-17-20(18-5-2,19-6-3)13-16-12-11-14-9-7-8-10-15(14)16/h7-12H,4-6,13H2,1-3H3. The Balaban J connectivity index is 2.30. The Morgan fingerprint density at radius 1 is 0.900 bits per heavy atom. The van der Waals surface area contributed by atoms with E-state index in [9.17, 15) is 0 Å². The van der Waals surface area contributed by atoms with Gasteiger partial charge in [-0.3, -0.25) is 0 Å². The average molecular weight is 293 g/mol. The van der Waals surface area contributed by atoms with Crippen LogP contribution in [0.5, 0.6) is 0 Å². The minimum Gasteiger partial charge on any atom is -0.373 e. The summed E-state index contributed by atoms with van der Waals surface area (Å²) in [6.07, 6.45) is 2.72. The van der Waals surface area contributed by atoms with Crippen LogP contribution in [0.2, 0.25) is 0 Å². The summed E-state index contributed by atoms with van der Waals surface area (Å²) in [5.41, 5.74) is 1.18. The van der Waals surface area contributed by atoms with Gasteiger partial charge < -0.3 is 17.8 Å². The number of fused-ring (bicyclic) bond motifs is 1. The zero-order chi connectivity index (χ0) is 14.4. The van der Waals surface area contributed by atoms with Gasteiger partial charge >= 0.3 is 8.80 Å². The summed E-state index contributed by atoms with van der Waals surface area (Å²) in [7, 11) is -2.65. The molecule has 0 saturated carbocycles. The number of aromatic nitrogens is 1. The van der Waals surface area contributed by atoms with Crippen molar-refractivity contribution in [1.29, 1.82) is 0 Å². The van der Waals surface area contributed by atoms with E-state index in [1.54, 1.807) is 0 Å². The lowest BCUT2D eigenvalue weighted by atomic mass is 10.2. The Bertz CT molecular complexity index is 524. The predicted octanol–water partition coefficient (Wildman–Crippen LogP) is 3.23. The second-order valence-electron chi connectivity index (χ2n) is 4.48. The van der Waals surface area contributed by atoms with Crippen LogP contribution in [0.3, 0.4) is 0 Å². The van der Waals surface area contributed by atoms with Crippen molar-refractivity contribution >= 4 is 19.7 Å². The van der Waals surface area contributed by atoms with Gasteiger partial charge in [-0.15, -0.1) is 0 Å². The van der Waals surface area contributed by atoms with E-state index < -0.39 is 8.80 Å². The van der Waals surface area contributed by atoms with Crippen LogP contribution in [0.4, 0.5) is 0 Å². The Kier molecular flexibility index (Phi) is 5.36. The van der Waals surface area contributed by atoms with Crippen molar-refractivity contribution in [1.82, 2.24) is 4.57 Å². The molecule has 0 unspecified atom stereocenters. The lowest BCUT2D eigenvalue weighted by Gasteiger charge is -2.29. The summed E-state index contributed by atoms with van der Waals surface area (Å²) in [6, 6.07) is 10.4. The Morgan fingerprint density at radius 2 is 1.50 bits per heavy atom. The molecule has 0 amide bonds. The maximum Gasteiger partial charge on any atom is 0.521 e. The molecule has 0 saturated heterocycles. The topological polar surface area (TPSA) is 32.6 Å². The molecule has 0 aliphatic carbocycles. The maximum absolute atomic E-state index is 5.91. The summed E-state index contributed by atoms with van der Waals surface area (Å²) >= 11 is 0. The van der Waals surface area contributed by atoms with Crippen molar-refractivity contribution in [3.63, 3.8) is 0 Å². The van der Waals surface area contributed by atoms with Crippen molar-refractivity contribution in [3.8, 4) is 0 Å². The number of hydrogen-bond donors (Lipinski definition) is 0.